The molecule has 2 heteroatoms. The van der Waals surface area contributed by atoms with Crippen molar-refractivity contribution in [2.45, 2.75) is 51.4 Å². The summed E-state index contributed by atoms with van der Waals surface area (Å²) in [5.74, 6) is -0.477. The molecule has 1 radical (unpaired) electrons. The molecule has 0 saturated carbocycles. The molecule has 0 aromatic heterocycles. The van der Waals surface area contributed by atoms with Gasteiger partial charge < -0.3 is 0 Å². The van der Waals surface area contributed by atoms with Crippen molar-refractivity contribution in [3.8, 4) is 0 Å². The highest BCUT2D eigenvalue weighted by atomic mass is 16.1. The van der Waals surface area contributed by atoms with Gasteiger partial charge >= 0.3 is 0 Å². The van der Waals surface area contributed by atoms with Crippen LogP contribution in [0.5, 0.6) is 0 Å². The van der Waals surface area contributed by atoms with Crippen LogP contribution in [0.25, 0.3) is 0 Å². The first-order valence-corrected chi connectivity index (χ1v) is 9.28. The third-order valence-electron chi connectivity index (χ3n) is 4.56. The maximum Gasteiger partial charge on any atom is 0.209 e. The van der Waals surface area contributed by atoms with Gasteiger partial charge in [-0.1, -0.05) is 67.1 Å². The van der Waals surface area contributed by atoms with Crippen LogP contribution in [0.15, 0.2) is 60.7 Å². The molecule has 2 aromatic rings. The maximum absolute atomic E-state index is 12.2. The van der Waals surface area contributed by atoms with Crippen LogP contribution in [-0.4, -0.2) is 12.1 Å². The predicted octanol–water partition coefficient (Wildman–Crippen LogP) is 5.11. The number of unbranched alkanes of at least 4 members (excludes halogenated alkanes) is 2. The van der Waals surface area contributed by atoms with Crippen molar-refractivity contribution in [3.05, 3.63) is 71.8 Å². The minimum atomic E-state index is -0.535. The van der Waals surface area contributed by atoms with Crippen molar-refractivity contribution in [1.29, 1.82) is 0 Å². The average molecular weight is 335 g/mol. The maximum atomic E-state index is 12.2. The molecule has 0 fully saturated rings. The van der Waals surface area contributed by atoms with Crippen LogP contribution >= 0.6 is 0 Å². The Morgan fingerprint density at radius 3 is 1.80 bits per heavy atom. The van der Waals surface area contributed by atoms with E-state index in [1.165, 1.54) is 11.1 Å². The zero-order chi connectivity index (χ0) is 17.7. The lowest BCUT2D eigenvalue weighted by molar-refractivity contribution is -0.121. The van der Waals surface area contributed by atoms with Crippen molar-refractivity contribution in [3.63, 3.8) is 0 Å². The number of benzene rings is 2. The minimum absolute atomic E-state index is 0.0581. The van der Waals surface area contributed by atoms with E-state index < -0.39 is 5.92 Å². The lowest BCUT2D eigenvalue weighted by atomic mass is 9.94. The monoisotopic (exact) mass is 335 g/mol. The standard InChI is InChI=1S/C23H27O2/c24-19-22(17-9-7-15-20-11-3-1-4-12-20)23(25)18-10-8-16-21-13-5-2-6-14-21/h1-6,11-14,22H,7-10,15-18H2. The molecule has 1 atom stereocenters. The van der Waals surface area contributed by atoms with Gasteiger partial charge in [-0.2, -0.15) is 0 Å². The van der Waals surface area contributed by atoms with E-state index in [0.29, 0.717) is 12.8 Å². The predicted molar refractivity (Wildman–Crippen MR) is 102 cm³/mol. The summed E-state index contributed by atoms with van der Waals surface area (Å²) in [6.07, 6.45) is 8.79. The van der Waals surface area contributed by atoms with Crippen molar-refractivity contribution < 1.29 is 9.59 Å². The van der Waals surface area contributed by atoms with Crippen molar-refractivity contribution >= 4 is 12.1 Å². The zero-order valence-electron chi connectivity index (χ0n) is 14.8. The number of carbonyl (C=O) groups is 1. The molecule has 0 aliphatic heterocycles. The van der Waals surface area contributed by atoms with Gasteiger partial charge in [-0.25, -0.2) is 0 Å². The Morgan fingerprint density at radius 2 is 1.28 bits per heavy atom. The Morgan fingerprint density at radius 1 is 0.760 bits per heavy atom. The summed E-state index contributed by atoms with van der Waals surface area (Å²) in [7, 11) is 0. The molecule has 0 aliphatic carbocycles. The molecule has 1 unspecified atom stereocenters. The van der Waals surface area contributed by atoms with E-state index in [0.717, 1.165) is 38.5 Å². The minimum Gasteiger partial charge on any atom is -0.299 e. The number of Topliss-reactive ketones (excluding diaryl/α,β-unsaturated/α-hetero) is 1. The molecule has 131 valence electrons. The van der Waals surface area contributed by atoms with E-state index in [-0.39, 0.29) is 5.78 Å². The zero-order valence-corrected chi connectivity index (χ0v) is 14.8. The Hall–Kier alpha value is -2.22. The molecule has 0 bridgehead atoms. The van der Waals surface area contributed by atoms with Crippen molar-refractivity contribution in [2.24, 2.45) is 5.92 Å². The quantitative estimate of drug-likeness (QED) is 0.399. The Bertz CT molecular complexity index is 619. The molecule has 2 nitrogen and oxygen atoms in total. The molecule has 0 N–H and O–H groups in total. The van der Waals surface area contributed by atoms with Gasteiger partial charge in [0.1, 0.15) is 5.78 Å². The molecule has 0 aliphatic rings. The molecule has 0 saturated heterocycles. The van der Waals surface area contributed by atoms with Crippen LogP contribution in [0.4, 0.5) is 0 Å². The first-order chi connectivity index (χ1) is 12.3. The van der Waals surface area contributed by atoms with Gasteiger partial charge in [-0.05, 0) is 49.7 Å². The molecular formula is C23H27O2. The van der Waals surface area contributed by atoms with E-state index in [1.54, 1.807) is 0 Å². The van der Waals surface area contributed by atoms with Crippen LogP contribution in [0.2, 0.25) is 0 Å². The largest absolute Gasteiger partial charge is 0.299 e. The van der Waals surface area contributed by atoms with Crippen LogP contribution < -0.4 is 0 Å². The third-order valence-corrected chi connectivity index (χ3v) is 4.56. The van der Waals surface area contributed by atoms with E-state index in [4.69, 9.17) is 0 Å². The Labute approximate surface area is 151 Å². The summed E-state index contributed by atoms with van der Waals surface area (Å²) in [6.45, 7) is 0. The van der Waals surface area contributed by atoms with E-state index in [1.807, 2.05) is 42.7 Å². The van der Waals surface area contributed by atoms with Gasteiger partial charge in [0.2, 0.25) is 6.29 Å². The number of rotatable bonds is 12. The van der Waals surface area contributed by atoms with Gasteiger partial charge in [0, 0.05) is 6.42 Å². The van der Waals surface area contributed by atoms with Crippen LogP contribution in [0, 0.1) is 5.92 Å². The van der Waals surface area contributed by atoms with Gasteiger partial charge in [-0.3, -0.25) is 9.59 Å². The summed E-state index contributed by atoms with van der Waals surface area (Å²) in [4.78, 5) is 23.3. The van der Waals surface area contributed by atoms with Crippen molar-refractivity contribution in [2.75, 3.05) is 0 Å². The molecule has 0 spiro atoms. The highest BCUT2D eigenvalue weighted by Crippen LogP contribution is 2.15. The van der Waals surface area contributed by atoms with E-state index in [9.17, 15) is 9.59 Å². The highest BCUT2D eigenvalue weighted by molar-refractivity contribution is 5.93. The summed E-state index contributed by atoms with van der Waals surface area (Å²) in [6, 6.07) is 20.6. The highest BCUT2D eigenvalue weighted by Gasteiger charge is 2.17. The molecular weight excluding hydrogens is 308 g/mol. The Kier molecular flexibility index (Phi) is 8.68. The number of carbonyl (C=O) groups excluding carboxylic acids is 2. The summed E-state index contributed by atoms with van der Waals surface area (Å²) < 4.78 is 0. The summed E-state index contributed by atoms with van der Waals surface area (Å²) in [5.41, 5.74) is 2.61. The van der Waals surface area contributed by atoms with Gasteiger partial charge in [0.15, 0.2) is 0 Å². The SMILES string of the molecule is O=[C]C(CCCCc1ccccc1)C(=O)CCCCc1ccccc1. The molecule has 25 heavy (non-hydrogen) atoms. The van der Waals surface area contributed by atoms with Crippen LogP contribution in [-0.2, 0) is 22.4 Å². The van der Waals surface area contributed by atoms with Crippen LogP contribution in [0.3, 0.4) is 0 Å². The van der Waals surface area contributed by atoms with Gasteiger partial charge in [0.25, 0.3) is 0 Å². The normalized spacial score (nSPS) is 11.8. The lowest BCUT2D eigenvalue weighted by Crippen LogP contribution is -2.16. The molecule has 2 rings (SSSR count). The fourth-order valence-electron chi connectivity index (χ4n) is 3.06. The fourth-order valence-corrected chi connectivity index (χ4v) is 3.06. The van der Waals surface area contributed by atoms with Gasteiger partial charge in [-0.15, -0.1) is 0 Å². The number of hydrogen-bond donors (Lipinski definition) is 0. The third kappa shape index (κ3) is 7.47. The first-order valence-electron chi connectivity index (χ1n) is 9.28. The second-order valence-corrected chi connectivity index (χ2v) is 6.56. The molecule has 0 heterocycles. The molecule has 0 amide bonds. The number of ketones is 1. The molecule has 2 aromatic carbocycles. The van der Waals surface area contributed by atoms with Crippen molar-refractivity contribution in [1.82, 2.24) is 0 Å². The number of aryl methyl sites for hydroxylation is 2. The number of hydrogen-bond acceptors (Lipinski definition) is 2. The lowest BCUT2D eigenvalue weighted by Gasteiger charge is -2.09. The van der Waals surface area contributed by atoms with E-state index >= 15 is 0 Å². The average Bonchev–Trinajstić information content (AvgIpc) is 2.67. The first kappa shape index (κ1) is 19.1. The fraction of sp³-hybridized carbons (Fsp3) is 0.391. The second-order valence-electron chi connectivity index (χ2n) is 6.56. The summed E-state index contributed by atoms with van der Waals surface area (Å²) >= 11 is 0. The second kappa shape index (κ2) is 11.4. The van der Waals surface area contributed by atoms with Crippen LogP contribution in [0.1, 0.15) is 49.7 Å². The van der Waals surface area contributed by atoms with E-state index in [2.05, 4.69) is 24.3 Å². The van der Waals surface area contributed by atoms with Gasteiger partial charge in [0.05, 0.1) is 5.92 Å². The smallest absolute Gasteiger partial charge is 0.209 e. The summed E-state index contributed by atoms with van der Waals surface area (Å²) in [5, 5.41) is 0. The Balaban J connectivity index is 1.60. The topological polar surface area (TPSA) is 34.1 Å².